The van der Waals surface area contributed by atoms with Gasteiger partial charge in [0, 0.05) is 6.04 Å². The Hall–Kier alpha value is -1.34. The van der Waals surface area contributed by atoms with Crippen molar-refractivity contribution in [3.8, 4) is 0 Å². The summed E-state index contributed by atoms with van der Waals surface area (Å²) in [6, 6.07) is 16.3. The van der Waals surface area contributed by atoms with Crippen molar-refractivity contribution in [1.29, 1.82) is 0 Å². The highest BCUT2D eigenvalue weighted by atomic mass is 14.9. The Kier molecular flexibility index (Phi) is 4.92. The summed E-state index contributed by atoms with van der Waals surface area (Å²) in [5.74, 6) is 0.878. The molecule has 1 N–H and O–H groups in total. The van der Waals surface area contributed by atoms with E-state index in [0.717, 1.165) is 12.5 Å². The molecule has 0 heterocycles. The van der Waals surface area contributed by atoms with E-state index in [1.165, 1.54) is 54.9 Å². The molecule has 1 fully saturated rings. The van der Waals surface area contributed by atoms with E-state index in [1.54, 1.807) is 0 Å². The number of hydrogen-bond acceptors (Lipinski definition) is 1. The lowest BCUT2D eigenvalue weighted by molar-refractivity contribution is 0.356. The zero-order chi connectivity index (χ0) is 14.5. The van der Waals surface area contributed by atoms with Gasteiger partial charge in [0.15, 0.2) is 0 Å². The Morgan fingerprint density at radius 1 is 1.05 bits per heavy atom. The van der Waals surface area contributed by atoms with Crippen molar-refractivity contribution < 1.29 is 0 Å². The van der Waals surface area contributed by atoms with Crippen molar-refractivity contribution in [2.24, 2.45) is 5.92 Å². The van der Waals surface area contributed by atoms with Gasteiger partial charge < -0.3 is 5.32 Å². The van der Waals surface area contributed by atoms with E-state index in [1.807, 2.05) is 0 Å². The molecule has 1 atom stereocenters. The molecule has 0 saturated heterocycles. The van der Waals surface area contributed by atoms with Gasteiger partial charge in [-0.15, -0.1) is 0 Å². The Balaban J connectivity index is 1.75. The Labute approximate surface area is 128 Å². The van der Waals surface area contributed by atoms with Crippen LogP contribution in [0.2, 0.25) is 0 Å². The van der Waals surface area contributed by atoms with Crippen molar-refractivity contribution in [2.45, 2.75) is 51.5 Å². The van der Waals surface area contributed by atoms with E-state index >= 15 is 0 Å². The molecule has 1 aliphatic carbocycles. The quantitative estimate of drug-likeness (QED) is 0.790. The summed E-state index contributed by atoms with van der Waals surface area (Å²) in [5, 5.41) is 6.53. The molecule has 1 saturated carbocycles. The van der Waals surface area contributed by atoms with Crippen LogP contribution in [-0.2, 0) is 6.42 Å². The van der Waals surface area contributed by atoms with Crippen LogP contribution in [0.4, 0.5) is 0 Å². The Morgan fingerprint density at radius 2 is 1.81 bits per heavy atom. The summed E-state index contributed by atoms with van der Waals surface area (Å²) in [6.07, 6.45) is 8.07. The summed E-state index contributed by atoms with van der Waals surface area (Å²) in [6.45, 7) is 3.41. The lowest BCUT2D eigenvalue weighted by atomic mass is 9.91. The van der Waals surface area contributed by atoms with Gasteiger partial charge in [-0.3, -0.25) is 0 Å². The van der Waals surface area contributed by atoms with E-state index in [-0.39, 0.29) is 0 Å². The molecule has 1 aliphatic rings. The van der Waals surface area contributed by atoms with Crippen LogP contribution in [0.3, 0.4) is 0 Å². The topological polar surface area (TPSA) is 12.0 Å². The van der Waals surface area contributed by atoms with Crippen molar-refractivity contribution in [3.63, 3.8) is 0 Å². The van der Waals surface area contributed by atoms with Crippen molar-refractivity contribution in [2.75, 3.05) is 6.54 Å². The average molecular weight is 281 g/mol. The second kappa shape index (κ2) is 7.09. The van der Waals surface area contributed by atoms with Crippen LogP contribution >= 0.6 is 0 Å². The zero-order valence-corrected chi connectivity index (χ0v) is 13.1. The van der Waals surface area contributed by atoms with Gasteiger partial charge in [-0.05, 0) is 54.5 Å². The van der Waals surface area contributed by atoms with Gasteiger partial charge in [0.2, 0.25) is 0 Å². The third kappa shape index (κ3) is 3.65. The SMILES string of the molecule is CCCNC(Cc1ccc2ccccc2c1)C1CCCC1. The molecule has 2 aromatic carbocycles. The smallest absolute Gasteiger partial charge is 0.0136 e. The lowest BCUT2D eigenvalue weighted by Crippen LogP contribution is -2.37. The summed E-state index contributed by atoms with van der Waals surface area (Å²) in [5.41, 5.74) is 1.48. The van der Waals surface area contributed by atoms with Crippen LogP contribution in [0.25, 0.3) is 10.8 Å². The first-order chi connectivity index (χ1) is 10.4. The highest BCUT2D eigenvalue weighted by molar-refractivity contribution is 5.82. The monoisotopic (exact) mass is 281 g/mol. The zero-order valence-electron chi connectivity index (χ0n) is 13.1. The summed E-state index contributed by atoms with van der Waals surface area (Å²) < 4.78 is 0. The van der Waals surface area contributed by atoms with Gasteiger partial charge in [-0.25, -0.2) is 0 Å². The number of nitrogens with one attached hydrogen (secondary N) is 1. The molecule has 21 heavy (non-hydrogen) atoms. The molecule has 3 rings (SSSR count). The van der Waals surface area contributed by atoms with Crippen LogP contribution in [-0.4, -0.2) is 12.6 Å². The van der Waals surface area contributed by atoms with Crippen LogP contribution in [0.15, 0.2) is 42.5 Å². The van der Waals surface area contributed by atoms with Crippen LogP contribution in [0.5, 0.6) is 0 Å². The molecule has 0 aliphatic heterocycles. The van der Waals surface area contributed by atoms with Crippen LogP contribution in [0, 0.1) is 5.92 Å². The fourth-order valence-corrected chi connectivity index (χ4v) is 3.71. The molecular formula is C20H27N. The predicted molar refractivity (Wildman–Crippen MR) is 91.7 cm³/mol. The van der Waals surface area contributed by atoms with Gasteiger partial charge in [-0.1, -0.05) is 62.2 Å². The molecule has 0 spiro atoms. The molecule has 1 nitrogen and oxygen atoms in total. The van der Waals surface area contributed by atoms with E-state index in [4.69, 9.17) is 0 Å². The first-order valence-corrected chi connectivity index (χ1v) is 8.58. The lowest BCUT2D eigenvalue weighted by Gasteiger charge is -2.25. The maximum absolute atomic E-state index is 3.81. The average Bonchev–Trinajstić information content (AvgIpc) is 3.05. The van der Waals surface area contributed by atoms with Crippen LogP contribution < -0.4 is 5.32 Å². The van der Waals surface area contributed by atoms with E-state index < -0.39 is 0 Å². The first kappa shape index (κ1) is 14.6. The summed E-state index contributed by atoms with van der Waals surface area (Å²) in [4.78, 5) is 0. The fraction of sp³-hybridized carbons (Fsp3) is 0.500. The molecule has 1 unspecified atom stereocenters. The third-order valence-corrected chi connectivity index (χ3v) is 4.89. The van der Waals surface area contributed by atoms with E-state index in [2.05, 4.69) is 54.7 Å². The Bertz CT molecular complexity index is 569. The Morgan fingerprint density at radius 3 is 2.57 bits per heavy atom. The van der Waals surface area contributed by atoms with Gasteiger partial charge in [0.05, 0.1) is 0 Å². The number of fused-ring (bicyclic) bond motifs is 1. The van der Waals surface area contributed by atoms with Crippen LogP contribution in [0.1, 0.15) is 44.6 Å². The predicted octanol–water partition coefficient (Wildman–Crippen LogP) is 4.94. The normalized spacial score (nSPS) is 17.4. The second-order valence-corrected chi connectivity index (χ2v) is 6.49. The maximum Gasteiger partial charge on any atom is 0.0136 e. The minimum absolute atomic E-state index is 0.661. The third-order valence-electron chi connectivity index (χ3n) is 4.89. The molecule has 112 valence electrons. The minimum Gasteiger partial charge on any atom is -0.313 e. The molecule has 0 bridgehead atoms. The number of benzene rings is 2. The van der Waals surface area contributed by atoms with Gasteiger partial charge in [0.1, 0.15) is 0 Å². The standard InChI is InChI=1S/C20H27N/c1-2-13-21-20(18-8-4-5-9-18)15-16-11-12-17-7-3-6-10-19(17)14-16/h3,6-7,10-12,14,18,20-21H,2,4-5,8-9,13,15H2,1H3. The van der Waals surface area contributed by atoms with Gasteiger partial charge in [0.25, 0.3) is 0 Å². The number of rotatable bonds is 6. The van der Waals surface area contributed by atoms with Crippen molar-refractivity contribution in [1.82, 2.24) is 5.32 Å². The van der Waals surface area contributed by atoms with E-state index in [9.17, 15) is 0 Å². The highest BCUT2D eigenvalue weighted by Crippen LogP contribution is 2.29. The molecule has 1 heteroatoms. The molecular weight excluding hydrogens is 254 g/mol. The maximum atomic E-state index is 3.81. The highest BCUT2D eigenvalue weighted by Gasteiger charge is 2.24. The van der Waals surface area contributed by atoms with Gasteiger partial charge >= 0.3 is 0 Å². The molecule has 2 aromatic rings. The van der Waals surface area contributed by atoms with E-state index in [0.29, 0.717) is 6.04 Å². The van der Waals surface area contributed by atoms with Gasteiger partial charge in [-0.2, -0.15) is 0 Å². The fourth-order valence-electron chi connectivity index (χ4n) is 3.71. The molecule has 0 aromatic heterocycles. The summed E-state index contributed by atoms with van der Waals surface area (Å²) in [7, 11) is 0. The first-order valence-electron chi connectivity index (χ1n) is 8.58. The molecule has 0 amide bonds. The van der Waals surface area contributed by atoms with Crippen molar-refractivity contribution >= 4 is 10.8 Å². The largest absolute Gasteiger partial charge is 0.313 e. The minimum atomic E-state index is 0.661. The molecule has 0 radical (unpaired) electrons. The van der Waals surface area contributed by atoms with Crippen molar-refractivity contribution in [3.05, 3.63) is 48.0 Å². The summed E-state index contributed by atoms with van der Waals surface area (Å²) >= 11 is 0. The number of hydrogen-bond donors (Lipinski definition) is 1. The second-order valence-electron chi connectivity index (χ2n) is 6.49.